The Morgan fingerprint density at radius 1 is 1.18 bits per heavy atom. The van der Waals surface area contributed by atoms with Crippen molar-refractivity contribution in [3.05, 3.63) is 49.5 Å². The average molecular weight is 497 g/mol. The number of ketones is 2. The maximum absolute atomic E-state index is 13.1. The lowest BCUT2D eigenvalue weighted by atomic mass is 9.60. The van der Waals surface area contributed by atoms with Crippen LogP contribution < -0.4 is 5.73 Å². The normalized spacial score (nSPS) is 29.4. The molecule has 0 unspecified atom stereocenters. The van der Waals surface area contributed by atoms with E-state index in [1.165, 1.54) is 6.07 Å². The summed E-state index contributed by atoms with van der Waals surface area (Å²) in [6.45, 7) is 0. The highest BCUT2D eigenvalue weighted by Crippen LogP contribution is 2.51. The molecule has 0 heterocycles. The van der Waals surface area contributed by atoms with E-state index in [1.807, 2.05) is 0 Å². The summed E-state index contributed by atoms with van der Waals surface area (Å²) in [4.78, 5) is 37.4. The van der Waals surface area contributed by atoms with E-state index in [-0.39, 0.29) is 29.7 Å². The fourth-order valence-corrected chi connectivity index (χ4v) is 5.25. The lowest BCUT2D eigenvalue weighted by Gasteiger charge is -2.45. The van der Waals surface area contributed by atoms with Gasteiger partial charge in [0, 0.05) is 21.5 Å². The highest BCUT2D eigenvalue weighted by Gasteiger charge is 2.59. The molecule has 0 saturated carbocycles. The van der Waals surface area contributed by atoms with Crippen molar-refractivity contribution in [3.8, 4) is 5.75 Å². The molecule has 1 aromatic rings. The number of fused-ring (bicyclic) bond motifs is 3. The Morgan fingerprint density at radius 3 is 2.50 bits per heavy atom. The van der Waals surface area contributed by atoms with Crippen LogP contribution in [0, 0.1) is 15.4 Å². The van der Waals surface area contributed by atoms with Crippen LogP contribution in [0.2, 0.25) is 0 Å². The predicted molar refractivity (Wildman–Crippen MR) is 104 cm³/mol. The lowest BCUT2D eigenvalue weighted by molar-refractivity contribution is -0.144. The number of primary amides is 1. The predicted octanol–water partition coefficient (Wildman–Crippen LogP) is 1.19. The zero-order valence-corrected chi connectivity index (χ0v) is 16.6. The third-order valence-corrected chi connectivity index (χ3v) is 6.90. The number of amides is 1. The largest absolute Gasteiger partial charge is 0.511 e. The Kier molecular flexibility index (Phi) is 4.09. The quantitative estimate of drug-likeness (QED) is 0.288. The number of aromatic hydroxyl groups is 1. The van der Waals surface area contributed by atoms with Crippen LogP contribution in [0.4, 0.5) is 0 Å². The molecular weight excluding hydrogens is 481 g/mol. The van der Waals surface area contributed by atoms with Crippen LogP contribution in [-0.4, -0.2) is 43.5 Å². The van der Waals surface area contributed by atoms with E-state index < -0.39 is 52.0 Å². The number of phenols is 1. The number of nitrogens with two attached hydrogens (primary N) is 1. The third-order valence-electron chi connectivity index (χ3n) is 5.89. The van der Waals surface area contributed by atoms with Crippen molar-refractivity contribution in [2.75, 3.05) is 0 Å². The van der Waals surface area contributed by atoms with Gasteiger partial charge in [-0.1, -0.05) is 0 Å². The van der Waals surface area contributed by atoms with Gasteiger partial charge in [0.05, 0.1) is 5.56 Å². The van der Waals surface area contributed by atoms with E-state index in [4.69, 9.17) is 5.73 Å². The first-order valence-corrected chi connectivity index (χ1v) is 9.64. The monoisotopic (exact) mass is 497 g/mol. The zero-order valence-electron chi connectivity index (χ0n) is 14.4. The van der Waals surface area contributed by atoms with Gasteiger partial charge in [-0.2, -0.15) is 0 Å². The number of aliphatic hydroxyl groups excluding tert-OH is 2. The maximum atomic E-state index is 13.1. The van der Waals surface area contributed by atoms with E-state index in [2.05, 4.69) is 22.6 Å². The highest BCUT2D eigenvalue weighted by atomic mass is 127. The topological polar surface area (TPSA) is 158 Å². The standard InChI is InChI=1S/C19H16INO7/c20-9-1-2-10(22)13-8(9)4-6-3-7-5-11(23)14(18(21)27)17(26)19(7,28)16(25)12(6)15(13)24/h1-2,6-7,22-23,25,28H,3-5H2,(H2,21,27)/t6-,7+,19-/m0/s1. The SMILES string of the molecule is NC(=O)C1=C(O)C[C@H]2C[C@H]3Cc4c(I)ccc(O)c4C(=O)C3=C(O)[C@]2(O)C1=O. The smallest absolute Gasteiger partial charge is 0.255 e. The molecule has 1 aromatic carbocycles. The molecule has 1 amide bonds. The Balaban J connectivity index is 1.93. The first-order valence-electron chi connectivity index (χ1n) is 8.56. The number of carbonyl (C=O) groups is 3. The minimum absolute atomic E-state index is 0.0310. The molecular formula is C19H16INO7. The van der Waals surface area contributed by atoms with Crippen LogP contribution >= 0.6 is 22.6 Å². The first kappa shape index (κ1) is 18.9. The van der Waals surface area contributed by atoms with E-state index in [9.17, 15) is 34.8 Å². The maximum Gasteiger partial charge on any atom is 0.255 e. The lowest BCUT2D eigenvalue weighted by Crippen LogP contribution is -2.57. The van der Waals surface area contributed by atoms with Gasteiger partial charge in [0.25, 0.3) is 5.91 Å². The van der Waals surface area contributed by atoms with E-state index >= 15 is 0 Å². The molecule has 4 rings (SSSR count). The Labute approximate surface area is 172 Å². The molecule has 3 aliphatic carbocycles. The molecule has 3 atom stereocenters. The van der Waals surface area contributed by atoms with Crippen LogP contribution in [0.25, 0.3) is 0 Å². The summed E-state index contributed by atoms with van der Waals surface area (Å²) >= 11 is 2.05. The van der Waals surface area contributed by atoms with Gasteiger partial charge in [0.1, 0.15) is 22.8 Å². The number of benzene rings is 1. The van der Waals surface area contributed by atoms with Crippen molar-refractivity contribution in [2.24, 2.45) is 17.6 Å². The van der Waals surface area contributed by atoms with E-state index in [1.54, 1.807) is 6.07 Å². The molecule has 9 heteroatoms. The highest BCUT2D eigenvalue weighted by molar-refractivity contribution is 14.1. The molecule has 8 nitrogen and oxygen atoms in total. The van der Waals surface area contributed by atoms with Gasteiger partial charge in [-0.25, -0.2) is 0 Å². The van der Waals surface area contributed by atoms with Crippen LogP contribution in [0.15, 0.2) is 34.8 Å². The van der Waals surface area contributed by atoms with Gasteiger partial charge in [-0.05, 0) is 59.0 Å². The minimum Gasteiger partial charge on any atom is -0.511 e. The van der Waals surface area contributed by atoms with Gasteiger partial charge in [-0.15, -0.1) is 0 Å². The van der Waals surface area contributed by atoms with Crippen molar-refractivity contribution < 1.29 is 34.8 Å². The average Bonchev–Trinajstić information content (AvgIpc) is 2.61. The Hall–Kier alpha value is -2.40. The van der Waals surface area contributed by atoms with Gasteiger partial charge >= 0.3 is 0 Å². The summed E-state index contributed by atoms with van der Waals surface area (Å²) in [6.07, 6.45) is 0.224. The number of carbonyl (C=O) groups excluding carboxylic acids is 3. The van der Waals surface area contributed by atoms with Crippen LogP contribution in [0.1, 0.15) is 28.8 Å². The molecule has 6 N–H and O–H groups in total. The summed E-state index contributed by atoms with van der Waals surface area (Å²) in [5, 5.41) is 42.1. The molecule has 28 heavy (non-hydrogen) atoms. The molecule has 0 aromatic heterocycles. The van der Waals surface area contributed by atoms with Gasteiger partial charge in [0.15, 0.2) is 11.4 Å². The summed E-state index contributed by atoms with van der Waals surface area (Å²) < 4.78 is 0.775. The molecule has 0 aliphatic heterocycles. The zero-order chi connectivity index (χ0) is 20.5. The number of allylic oxidation sites excluding steroid dienone is 2. The summed E-state index contributed by atoms with van der Waals surface area (Å²) in [5.74, 6) is -6.14. The second-order valence-electron chi connectivity index (χ2n) is 7.33. The number of Topliss-reactive ketones (excluding diaryl/α,β-unsaturated/α-hetero) is 2. The van der Waals surface area contributed by atoms with Crippen molar-refractivity contribution in [1.82, 2.24) is 0 Å². The van der Waals surface area contributed by atoms with Crippen molar-refractivity contribution in [3.63, 3.8) is 0 Å². The van der Waals surface area contributed by atoms with Crippen molar-refractivity contribution in [1.29, 1.82) is 0 Å². The molecule has 0 bridgehead atoms. The Bertz CT molecular complexity index is 1040. The van der Waals surface area contributed by atoms with Crippen LogP contribution in [-0.2, 0) is 16.0 Å². The number of halogens is 1. The van der Waals surface area contributed by atoms with Gasteiger partial charge in [0.2, 0.25) is 5.78 Å². The molecule has 0 spiro atoms. The van der Waals surface area contributed by atoms with E-state index in [0.29, 0.717) is 12.0 Å². The second kappa shape index (κ2) is 6.05. The van der Waals surface area contributed by atoms with Crippen LogP contribution in [0.5, 0.6) is 5.75 Å². The molecule has 0 saturated heterocycles. The Morgan fingerprint density at radius 2 is 1.86 bits per heavy atom. The van der Waals surface area contributed by atoms with Gasteiger partial charge in [-0.3, -0.25) is 14.4 Å². The third kappa shape index (κ3) is 2.29. The summed E-state index contributed by atoms with van der Waals surface area (Å²) in [6, 6.07) is 3.04. The summed E-state index contributed by atoms with van der Waals surface area (Å²) in [5.41, 5.74) is 2.37. The molecule has 146 valence electrons. The van der Waals surface area contributed by atoms with Gasteiger partial charge < -0.3 is 26.2 Å². The number of hydrogen-bond donors (Lipinski definition) is 5. The van der Waals surface area contributed by atoms with Crippen LogP contribution in [0.3, 0.4) is 0 Å². The molecule has 3 aliphatic rings. The number of phenolic OH excluding ortho intramolecular Hbond substituents is 1. The van der Waals surface area contributed by atoms with Crippen molar-refractivity contribution >= 4 is 40.1 Å². The second-order valence-corrected chi connectivity index (χ2v) is 8.49. The fraction of sp³-hybridized carbons (Fsp3) is 0.316. The van der Waals surface area contributed by atoms with E-state index in [0.717, 1.165) is 3.57 Å². The first-order chi connectivity index (χ1) is 13.1. The number of rotatable bonds is 1. The number of hydrogen-bond acceptors (Lipinski definition) is 7. The fourth-order valence-electron chi connectivity index (χ4n) is 4.58. The summed E-state index contributed by atoms with van der Waals surface area (Å²) in [7, 11) is 0. The molecule has 0 fully saturated rings. The minimum atomic E-state index is -2.52. The number of aliphatic hydroxyl groups is 3. The molecule has 0 radical (unpaired) electrons. The van der Waals surface area contributed by atoms with Crippen molar-refractivity contribution in [2.45, 2.75) is 24.9 Å².